The Balaban J connectivity index is 4.25. The Kier molecular flexibility index (Phi) is 10.2. The first kappa shape index (κ1) is 19.0. The number of ether oxygens (including phenoxy) is 1. The number of aliphatic hydroxyl groups excluding tert-OH is 4. The standard InChI is InChI=1S/C13H24O7/c1-2-3-4-5-6-11(17)20-10(8-15)13(19)12(18)9(16)7-14/h8-10,12-14,16,18-19H,2-7H2,1H3/t9-,10+,12+,13-/m1/s1. The van der Waals surface area contributed by atoms with E-state index in [-0.39, 0.29) is 12.7 Å². The molecule has 0 aliphatic carbocycles. The van der Waals surface area contributed by atoms with Crippen LogP contribution in [0.3, 0.4) is 0 Å². The third kappa shape index (κ3) is 6.95. The van der Waals surface area contributed by atoms with Crippen molar-refractivity contribution in [1.82, 2.24) is 0 Å². The Morgan fingerprint density at radius 2 is 1.80 bits per heavy atom. The predicted molar refractivity (Wildman–Crippen MR) is 69.8 cm³/mol. The zero-order valence-corrected chi connectivity index (χ0v) is 11.6. The normalized spacial score (nSPS) is 17.1. The van der Waals surface area contributed by atoms with Crippen LogP contribution in [0.4, 0.5) is 0 Å². The monoisotopic (exact) mass is 292 g/mol. The summed E-state index contributed by atoms with van der Waals surface area (Å²) >= 11 is 0. The quantitative estimate of drug-likeness (QED) is 0.222. The molecule has 4 atom stereocenters. The summed E-state index contributed by atoms with van der Waals surface area (Å²) in [5.41, 5.74) is 0. The lowest BCUT2D eigenvalue weighted by molar-refractivity contribution is -0.168. The third-order valence-corrected chi connectivity index (χ3v) is 2.90. The topological polar surface area (TPSA) is 124 Å². The van der Waals surface area contributed by atoms with Crippen molar-refractivity contribution < 1.29 is 34.8 Å². The van der Waals surface area contributed by atoms with Gasteiger partial charge in [0.1, 0.15) is 18.3 Å². The summed E-state index contributed by atoms with van der Waals surface area (Å²) in [6, 6.07) is 0. The second-order valence-electron chi connectivity index (χ2n) is 4.63. The van der Waals surface area contributed by atoms with Crippen LogP contribution in [0.2, 0.25) is 0 Å². The molecule has 0 saturated carbocycles. The van der Waals surface area contributed by atoms with Gasteiger partial charge in [0.25, 0.3) is 0 Å². The van der Waals surface area contributed by atoms with E-state index < -0.39 is 37.0 Å². The maximum atomic E-state index is 11.5. The molecule has 0 aromatic rings. The number of rotatable bonds is 11. The Bertz CT molecular complexity index is 282. The summed E-state index contributed by atoms with van der Waals surface area (Å²) < 4.78 is 4.75. The van der Waals surface area contributed by atoms with Crippen LogP contribution >= 0.6 is 0 Å². The highest BCUT2D eigenvalue weighted by Gasteiger charge is 2.33. The van der Waals surface area contributed by atoms with Gasteiger partial charge < -0.3 is 25.2 Å². The second-order valence-corrected chi connectivity index (χ2v) is 4.63. The lowest BCUT2D eigenvalue weighted by Crippen LogP contribution is -2.48. The van der Waals surface area contributed by atoms with Crippen molar-refractivity contribution in [2.75, 3.05) is 6.61 Å². The molecule has 0 heterocycles. The van der Waals surface area contributed by atoms with Gasteiger partial charge in [0, 0.05) is 6.42 Å². The van der Waals surface area contributed by atoms with E-state index in [1.807, 2.05) is 6.92 Å². The van der Waals surface area contributed by atoms with Crippen molar-refractivity contribution in [3.8, 4) is 0 Å². The molecule has 0 aromatic heterocycles. The summed E-state index contributed by atoms with van der Waals surface area (Å²) in [5.74, 6) is -0.650. The van der Waals surface area contributed by atoms with E-state index >= 15 is 0 Å². The van der Waals surface area contributed by atoms with Gasteiger partial charge in [0.2, 0.25) is 0 Å². The Labute approximate surface area is 118 Å². The molecule has 4 N–H and O–H groups in total. The van der Waals surface area contributed by atoms with E-state index in [2.05, 4.69) is 0 Å². The number of carbonyl (C=O) groups excluding carboxylic acids is 2. The van der Waals surface area contributed by atoms with Crippen LogP contribution in [0.25, 0.3) is 0 Å². The van der Waals surface area contributed by atoms with Crippen LogP contribution in [-0.4, -0.2) is 63.7 Å². The van der Waals surface area contributed by atoms with Crippen molar-refractivity contribution in [2.45, 2.75) is 63.4 Å². The third-order valence-electron chi connectivity index (χ3n) is 2.90. The van der Waals surface area contributed by atoms with Gasteiger partial charge in [-0.25, -0.2) is 0 Å². The Morgan fingerprint density at radius 1 is 1.15 bits per heavy atom. The molecule has 0 radical (unpaired) electrons. The fourth-order valence-electron chi connectivity index (χ4n) is 1.61. The molecule has 0 rings (SSSR count). The number of carbonyl (C=O) groups is 2. The zero-order valence-electron chi connectivity index (χ0n) is 11.6. The molecule has 0 unspecified atom stereocenters. The first-order valence-corrected chi connectivity index (χ1v) is 6.77. The van der Waals surface area contributed by atoms with E-state index in [0.717, 1.165) is 19.3 Å². The van der Waals surface area contributed by atoms with Crippen LogP contribution in [0, 0.1) is 0 Å². The van der Waals surface area contributed by atoms with Gasteiger partial charge in [-0.2, -0.15) is 0 Å². The fourth-order valence-corrected chi connectivity index (χ4v) is 1.61. The summed E-state index contributed by atoms with van der Waals surface area (Å²) in [4.78, 5) is 22.2. The maximum absolute atomic E-state index is 11.5. The van der Waals surface area contributed by atoms with E-state index in [4.69, 9.17) is 14.9 Å². The predicted octanol–water partition coefficient (Wildman–Crippen LogP) is -0.858. The smallest absolute Gasteiger partial charge is 0.306 e. The van der Waals surface area contributed by atoms with Crippen molar-refractivity contribution in [3.05, 3.63) is 0 Å². The minimum atomic E-state index is -1.78. The van der Waals surface area contributed by atoms with Crippen LogP contribution in [0.1, 0.15) is 39.0 Å². The zero-order chi connectivity index (χ0) is 15.5. The van der Waals surface area contributed by atoms with Gasteiger partial charge in [-0.15, -0.1) is 0 Å². The molecule has 0 bridgehead atoms. The van der Waals surface area contributed by atoms with Gasteiger partial charge in [-0.3, -0.25) is 9.59 Å². The molecular weight excluding hydrogens is 268 g/mol. The van der Waals surface area contributed by atoms with Crippen molar-refractivity contribution in [2.24, 2.45) is 0 Å². The number of aliphatic hydroxyl groups is 4. The number of unbranched alkanes of at least 4 members (excludes halogenated alkanes) is 3. The molecule has 0 aromatic carbocycles. The van der Waals surface area contributed by atoms with E-state index in [1.165, 1.54) is 0 Å². The highest BCUT2D eigenvalue weighted by atomic mass is 16.6. The number of hydrogen-bond donors (Lipinski definition) is 4. The Morgan fingerprint density at radius 3 is 2.30 bits per heavy atom. The lowest BCUT2D eigenvalue weighted by Gasteiger charge is -2.25. The Hall–Kier alpha value is -1.02. The molecule has 0 amide bonds. The first-order chi connectivity index (χ1) is 9.47. The van der Waals surface area contributed by atoms with Crippen molar-refractivity contribution in [1.29, 1.82) is 0 Å². The highest BCUT2D eigenvalue weighted by Crippen LogP contribution is 2.10. The summed E-state index contributed by atoms with van der Waals surface area (Å²) in [6.45, 7) is 1.25. The van der Waals surface area contributed by atoms with E-state index in [1.54, 1.807) is 0 Å². The summed E-state index contributed by atoms with van der Waals surface area (Å²) in [7, 11) is 0. The molecule has 0 fully saturated rings. The molecule has 7 heteroatoms. The molecule has 0 saturated heterocycles. The number of aldehydes is 1. The molecule has 0 aliphatic heterocycles. The van der Waals surface area contributed by atoms with E-state index in [9.17, 15) is 19.8 Å². The maximum Gasteiger partial charge on any atom is 0.306 e. The molecule has 20 heavy (non-hydrogen) atoms. The van der Waals surface area contributed by atoms with Crippen LogP contribution in [-0.2, 0) is 14.3 Å². The van der Waals surface area contributed by atoms with Crippen molar-refractivity contribution >= 4 is 12.3 Å². The first-order valence-electron chi connectivity index (χ1n) is 6.77. The SMILES string of the molecule is CCCCCCC(=O)O[C@@H](C=O)[C@@H](O)[C@@H](O)[C@H](O)CO. The van der Waals surface area contributed by atoms with Crippen LogP contribution in [0.5, 0.6) is 0 Å². The molecule has 0 spiro atoms. The van der Waals surface area contributed by atoms with Gasteiger partial charge in [0.15, 0.2) is 12.4 Å². The van der Waals surface area contributed by atoms with Gasteiger partial charge in [-0.05, 0) is 6.42 Å². The molecule has 7 nitrogen and oxygen atoms in total. The second kappa shape index (κ2) is 10.7. The largest absolute Gasteiger partial charge is 0.452 e. The summed E-state index contributed by atoms with van der Waals surface area (Å²) in [5, 5.41) is 36.8. The highest BCUT2D eigenvalue weighted by molar-refractivity contribution is 5.72. The summed E-state index contributed by atoms with van der Waals surface area (Å²) in [6.07, 6.45) is -2.93. The minimum absolute atomic E-state index is 0.121. The minimum Gasteiger partial charge on any atom is -0.452 e. The van der Waals surface area contributed by atoms with Crippen LogP contribution in [0.15, 0.2) is 0 Å². The average molecular weight is 292 g/mol. The number of esters is 1. The fraction of sp³-hybridized carbons (Fsp3) is 0.846. The molecule has 118 valence electrons. The van der Waals surface area contributed by atoms with E-state index in [0.29, 0.717) is 6.42 Å². The molecule has 0 aliphatic rings. The van der Waals surface area contributed by atoms with Gasteiger partial charge in [-0.1, -0.05) is 26.2 Å². The average Bonchev–Trinajstić information content (AvgIpc) is 2.46. The van der Waals surface area contributed by atoms with Gasteiger partial charge >= 0.3 is 5.97 Å². The van der Waals surface area contributed by atoms with Gasteiger partial charge in [0.05, 0.1) is 6.61 Å². The van der Waals surface area contributed by atoms with Crippen LogP contribution < -0.4 is 0 Å². The lowest BCUT2D eigenvalue weighted by atomic mass is 10.0. The molecular formula is C13H24O7. The van der Waals surface area contributed by atoms with Crippen molar-refractivity contribution in [3.63, 3.8) is 0 Å². The number of hydrogen-bond acceptors (Lipinski definition) is 7.